The fraction of sp³-hybridized carbons (Fsp3) is 0.357. The van der Waals surface area contributed by atoms with Gasteiger partial charge in [-0.1, -0.05) is 6.07 Å². The van der Waals surface area contributed by atoms with E-state index in [1.54, 1.807) is 35.2 Å². The Bertz CT molecular complexity index is 1490. The summed E-state index contributed by atoms with van der Waals surface area (Å²) in [5.74, 6) is -0.371. The number of hydrogen-bond donors (Lipinski definition) is 0. The van der Waals surface area contributed by atoms with Crippen LogP contribution in [0.1, 0.15) is 47.3 Å². The molecule has 1 fully saturated rings. The van der Waals surface area contributed by atoms with E-state index in [9.17, 15) is 24.1 Å². The molecule has 9 heteroatoms. The van der Waals surface area contributed by atoms with Gasteiger partial charge >= 0.3 is 0 Å². The normalized spacial score (nSPS) is 22.3. The number of nitro benzene ring substituents is 1. The van der Waals surface area contributed by atoms with E-state index in [0.29, 0.717) is 43.9 Å². The van der Waals surface area contributed by atoms with Gasteiger partial charge in [0.25, 0.3) is 17.2 Å². The topological polar surface area (TPSA) is 88.7 Å². The average Bonchev–Trinajstić information content (AvgIpc) is 2.88. The van der Waals surface area contributed by atoms with Gasteiger partial charge in [-0.15, -0.1) is 0 Å². The van der Waals surface area contributed by atoms with Crippen molar-refractivity contribution in [2.24, 2.45) is 5.92 Å². The molecule has 190 valence electrons. The van der Waals surface area contributed by atoms with Crippen LogP contribution in [0, 0.1) is 21.8 Å². The lowest BCUT2D eigenvalue weighted by Gasteiger charge is -2.43. The Morgan fingerprint density at radius 3 is 2.68 bits per heavy atom. The maximum atomic E-state index is 13.8. The summed E-state index contributed by atoms with van der Waals surface area (Å²) < 4.78 is 15.6. The van der Waals surface area contributed by atoms with E-state index in [4.69, 9.17) is 0 Å². The molecular weight excluding hydrogens is 475 g/mol. The van der Waals surface area contributed by atoms with Crippen LogP contribution >= 0.6 is 0 Å². The van der Waals surface area contributed by atoms with Crippen LogP contribution in [0.2, 0.25) is 0 Å². The van der Waals surface area contributed by atoms with Gasteiger partial charge in [0.05, 0.1) is 4.92 Å². The van der Waals surface area contributed by atoms with E-state index in [1.807, 2.05) is 22.5 Å². The lowest BCUT2D eigenvalue weighted by atomic mass is 9.83. The first-order chi connectivity index (χ1) is 17.8. The summed E-state index contributed by atoms with van der Waals surface area (Å²) in [6.45, 7) is 3.70. The highest BCUT2D eigenvalue weighted by Gasteiger charge is 2.37. The van der Waals surface area contributed by atoms with Gasteiger partial charge in [0.1, 0.15) is 11.5 Å². The largest absolute Gasteiger partial charge is 0.365 e. The maximum absolute atomic E-state index is 13.8. The number of nitro groups is 1. The number of hydrogen-bond acceptors (Lipinski definition) is 5. The minimum atomic E-state index is -0.433. The summed E-state index contributed by atoms with van der Waals surface area (Å²) >= 11 is 0. The smallest absolute Gasteiger partial charge is 0.293 e. The van der Waals surface area contributed by atoms with Crippen LogP contribution in [0.5, 0.6) is 0 Å². The van der Waals surface area contributed by atoms with Crippen molar-refractivity contribution in [1.82, 2.24) is 4.57 Å². The number of aromatic nitrogens is 1. The number of amides is 1. The molecule has 1 amide bonds. The molecule has 8 nitrogen and oxygen atoms in total. The van der Waals surface area contributed by atoms with Gasteiger partial charge in [0, 0.05) is 60.7 Å². The minimum absolute atomic E-state index is 0.00857. The number of aryl methyl sites for hydroxylation is 1. The van der Waals surface area contributed by atoms with Crippen molar-refractivity contribution in [2.75, 3.05) is 22.9 Å². The van der Waals surface area contributed by atoms with Crippen molar-refractivity contribution in [3.8, 4) is 0 Å². The first-order valence-corrected chi connectivity index (χ1v) is 12.7. The van der Waals surface area contributed by atoms with Gasteiger partial charge in [-0.3, -0.25) is 19.7 Å². The molecule has 0 aliphatic carbocycles. The Balaban J connectivity index is 1.33. The number of carbonyl (C=O) groups is 1. The number of piperidine rings is 1. The van der Waals surface area contributed by atoms with E-state index in [2.05, 4.69) is 0 Å². The number of halogens is 1. The third-order valence-electron chi connectivity index (χ3n) is 8.03. The quantitative estimate of drug-likeness (QED) is 0.389. The molecule has 0 N–H and O–H groups in total. The van der Waals surface area contributed by atoms with Crippen LogP contribution in [0.15, 0.2) is 59.4 Å². The molecule has 3 aliphatic rings. The Labute approximate surface area is 213 Å². The van der Waals surface area contributed by atoms with Gasteiger partial charge in [0.2, 0.25) is 0 Å². The molecule has 4 heterocycles. The Kier molecular flexibility index (Phi) is 5.58. The minimum Gasteiger partial charge on any atom is -0.365 e. The lowest BCUT2D eigenvalue weighted by molar-refractivity contribution is -0.384. The first-order valence-electron chi connectivity index (χ1n) is 12.7. The zero-order valence-corrected chi connectivity index (χ0v) is 20.5. The molecule has 1 aromatic heterocycles. The van der Waals surface area contributed by atoms with Gasteiger partial charge in [-0.05, 0) is 74.1 Å². The highest BCUT2D eigenvalue weighted by atomic mass is 19.1. The molecule has 0 unspecified atom stereocenters. The summed E-state index contributed by atoms with van der Waals surface area (Å²) in [5.41, 5.74) is 2.97. The van der Waals surface area contributed by atoms with E-state index in [0.717, 1.165) is 17.7 Å². The number of rotatable bonds is 3. The molecule has 0 spiro atoms. The fourth-order valence-electron chi connectivity index (χ4n) is 6.33. The van der Waals surface area contributed by atoms with E-state index < -0.39 is 4.92 Å². The molecule has 3 atom stereocenters. The summed E-state index contributed by atoms with van der Waals surface area (Å²) in [7, 11) is 0. The summed E-state index contributed by atoms with van der Waals surface area (Å²) in [6, 6.07) is 14.3. The van der Waals surface area contributed by atoms with Gasteiger partial charge in [0.15, 0.2) is 0 Å². The van der Waals surface area contributed by atoms with Crippen LogP contribution in [-0.2, 0) is 13.0 Å². The lowest BCUT2D eigenvalue weighted by Crippen LogP contribution is -2.47. The first kappa shape index (κ1) is 23.4. The molecule has 0 saturated carbocycles. The van der Waals surface area contributed by atoms with E-state index in [1.165, 1.54) is 18.2 Å². The number of carbonyl (C=O) groups excluding carboxylic acids is 1. The van der Waals surface area contributed by atoms with Crippen molar-refractivity contribution >= 4 is 23.0 Å². The highest BCUT2D eigenvalue weighted by molar-refractivity contribution is 6.08. The molecule has 3 aliphatic heterocycles. The standard InChI is InChI=1S/C28H27FN4O4/c1-17-5-6-19-12-22(29)8-10-24(19)32(17)28(35)20-7-9-25(26(13-20)33(36)37)30-14-18-11-21(16-30)23-3-2-4-27(34)31(23)15-18/h2-4,7-10,12-13,17-18,21H,5-6,11,14-16H2,1H3/t17-,18+,21-/m0/s1. The molecule has 37 heavy (non-hydrogen) atoms. The van der Waals surface area contributed by atoms with Crippen LogP contribution in [0.25, 0.3) is 0 Å². The number of anilines is 2. The van der Waals surface area contributed by atoms with Crippen molar-refractivity contribution in [2.45, 2.75) is 44.7 Å². The highest BCUT2D eigenvalue weighted by Crippen LogP contribution is 2.40. The third kappa shape index (κ3) is 3.98. The van der Waals surface area contributed by atoms with Crippen LogP contribution < -0.4 is 15.4 Å². The monoisotopic (exact) mass is 502 g/mol. The van der Waals surface area contributed by atoms with Crippen molar-refractivity contribution in [3.63, 3.8) is 0 Å². The Morgan fingerprint density at radius 2 is 1.86 bits per heavy atom. The zero-order valence-electron chi connectivity index (χ0n) is 20.5. The van der Waals surface area contributed by atoms with Crippen molar-refractivity contribution < 1.29 is 14.1 Å². The van der Waals surface area contributed by atoms with E-state index >= 15 is 0 Å². The van der Waals surface area contributed by atoms with E-state index in [-0.39, 0.29) is 46.4 Å². The third-order valence-corrected chi connectivity index (χ3v) is 8.03. The van der Waals surface area contributed by atoms with Crippen LogP contribution in [0.3, 0.4) is 0 Å². The maximum Gasteiger partial charge on any atom is 0.293 e. The Hall–Kier alpha value is -4.01. The second-order valence-corrected chi connectivity index (χ2v) is 10.4. The molecule has 0 radical (unpaired) electrons. The van der Waals surface area contributed by atoms with Gasteiger partial charge in [-0.25, -0.2) is 4.39 Å². The van der Waals surface area contributed by atoms with Crippen LogP contribution in [0.4, 0.5) is 21.5 Å². The van der Waals surface area contributed by atoms with Crippen LogP contribution in [-0.4, -0.2) is 34.5 Å². The van der Waals surface area contributed by atoms with Crippen molar-refractivity contribution in [1.29, 1.82) is 0 Å². The SMILES string of the molecule is C[C@H]1CCc2cc(F)ccc2N1C(=O)c1ccc(N2C[C@H]3C[C@@H](C2)c2cccc(=O)n2C3)c([N+](=O)[O-])c1. The Morgan fingerprint density at radius 1 is 1.05 bits per heavy atom. The number of benzene rings is 2. The molecule has 2 bridgehead atoms. The average molecular weight is 503 g/mol. The number of nitrogens with zero attached hydrogens (tertiary/aromatic N) is 4. The predicted molar refractivity (Wildman–Crippen MR) is 138 cm³/mol. The van der Waals surface area contributed by atoms with Gasteiger partial charge < -0.3 is 14.4 Å². The fourth-order valence-corrected chi connectivity index (χ4v) is 6.33. The second-order valence-electron chi connectivity index (χ2n) is 10.4. The molecular formula is C28H27FN4O4. The van der Waals surface area contributed by atoms with Gasteiger partial charge in [-0.2, -0.15) is 0 Å². The number of fused-ring (bicyclic) bond motifs is 5. The summed E-state index contributed by atoms with van der Waals surface area (Å²) in [6.07, 6.45) is 2.30. The van der Waals surface area contributed by atoms with Crippen molar-refractivity contribution in [3.05, 3.63) is 97.7 Å². The predicted octanol–water partition coefficient (Wildman–Crippen LogP) is 4.50. The molecule has 3 aromatic rings. The molecule has 2 aromatic carbocycles. The zero-order chi connectivity index (χ0) is 25.8. The molecule has 6 rings (SSSR count). The second kappa shape index (κ2) is 8.83. The number of pyridine rings is 1. The summed E-state index contributed by atoms with van der Waals surface area (Å²) in [5, 5.41) is 12.2. The molecule has 1 saturated heterocycles. The summed E-state index contributed by atoms with van der Waals surface area (Å²) in [4.78, 5) is 41.3.